The first-order valence-corrected chi connectivity index (χ1v) is 9.70. The highest BCUT2D eigenvalue weighted by atomic mass is 16.3. The Bertz CT molecular complexity index is 655. The molecule has 27 heavy (non-hydrogen) atoms. The number of amides is 1. The summed E-state index contributed by atoms with van der Waals surface area (Å²) in [6.07, 6.45) is 5.33. The summed E-state index contributed by atoms with van der Waals surface area (Å²) in [6, 6.07) is 3.07. The molecule has 150 valence electrons. The van der Waals surface area contributed by atoms with Crippen LogP contribution in [0.15, 0.2) is 17.2 Å². The van der Waals surface area contributed by atoms with Gasteiger partial charge in [-0.2, -0.15) is 5.10 Å². The van der Waals surface area contributed by atoms with Crippen LogP contribution >= 0.6 is 0 Å². The Morgan fingerprint density at radius 1 is 1.26 bits per heavy atom. The lowest BCUT2D eigenvalue weighted by Gasteiger charge is -2.28. The van der Waals surface area contributed by atoms with E-state index in [2.05, 4.69) is 15.4 Å². The second-order valence-corrected chi connectivity index (χ2v) is 7.44. The normalized spacial score (nSPS) is 15.8. The number of amidine groups is 1. The number of hydrogen-bond donors (Lipinski definition) is 3. The number of likely N-dealkylation sites (tertiary alicyclic amines) is 1. The summed E-state index contributed by atoms with van der Waals surface area (Å²) in [4.78, 5) is 15.2. The van der Waals surface area contributed by atoms with Gasteiger partial charge in [0.1, 0.15) is 11.5 Å². The Morgan fingerprint density at radius 3 is 2.59 bits per heavy atom. The predicted molar refractivity (Wildman–Crippen MR) is 107 cm³/mol. The average Bonchev–Trinajstić information content (AvgIpc) is 2.64. The van der Waals surface area contributed by atoms with Gasteiger partial charge in [0, 0.05) is 19.7 Å². The van der Waals surface area contributed by atoms with Crippen LogP contribution in [0.2, 0.25) is 0 Å². The van der Waals surface area contributed by atoms with E-state index < -0.39 is 0 Å². The Kier molecular flexibility index (Phi) is 7.91. The van der Waals surface area contributed by atoms with Crippen LogP contribution in [0.1, 0.15) is 56.6 Å². The standard InChI is InChI=1S/C20H32N4O3/c1-15(2)16-12-17(19(27)13-18(16)26)20(22-21-14-25)23(3)8-7-11-24-9-5-4-6-10-24/h12-15,26-27H,4-11H2,1-3H3,(H,21,25)/b22-20-. The molecule has 1 saturated heterocycles. The van der Waals surface area contributed by atoms with Crippen molar-refractivity contribution in [2.45, 2.75) is 45.4 Å². The van der Waals surface area contributed by atoms with Gasteiger partial charge in [0.25, 0.3) is 0 Å². The second-order valence-electron chi connectivity index (χ2n) is 7.44. The third-order valence-electron chi connectivity index (χ3n) is 5.01. The summed E-state index contributed by atoms with van der Waals surface area (Å²) >= 11 is 0. The van der Waals surface area contributed by atoms with Crippen molar-refractivity contribution >= 4 is 12.2 Å². The molecule has 3 N–H and O–H groups in total. The Morgan fingerprint density at radius 2 is 1.96 bits per heavy atom. The number of carbonyl (C=O) groups is 1. The maximum atomic E-state index is 10.8. The monoisotopic (exact) mass is 376 g/mol. The number of piperidine rings is 1. The molecule has 0 unspecified atom stereocenters. The molecule has 1 amide bonds. The highest BCUT2D eigenvalue weighted by molar-refractivity contribution is 6.01. The molecule has 0 radical (unpaired) electrons. The van der Waals surface area contributed by atoms with Crippen molar-refractivity contribution in [1.82, 2.24) is 15.2 Å². The number of nitrogens with zero attached hydrogens (tertiary/aromatic N) is 3. The van der Waals surface area contributed by atoms with Crippen LogP contribution in [0.5, 0.6) is 11.5 Å². The van der Waals surface area contributed by atoms with Gasteiger partial charge < -0.3 is 20.0 Å². The Hall–Kier alpha value is -2.28. The fourth-order valence-electron chi connectivity index (χ4n) is 3.49. The number of aromatic hydroxyl groups is 2. The minimum Gasteiger partial charge on any atom is -0.508 e. The van der Waals surface area contributed by atoms with Crippen molar-refractivity contribution < 1.29 is 15.0 Å². The fourth-order valence-corrected chi connectivity index (χ4v) is 3.49. The molecule has 1 fully saturated rings. The molecule has 7 nitrogen and oxygen atoms in total. The topological polar surface area (TPSA) is 88.4 Å². The van der Waals surface area contributed by atoms with E-state index in [0.717, 1.165) is 38.2 Å². The number of phenols is 2. The predicted octanol–water partition coefficient (Wildman–Crippen LogP) is 2.44. The van der Waals surface area contributed by atoms with Crippen LogP contribution in [-0.4, -0.2) is 65.5 Å². The molecule has 1 aliphatic heterocycles. The molecular formula is C20H32N4O3. The second kappa shape index (κ2) is 10.2. The lowest BCUT2D eigenvalue weighted by Crippen LogP contribution is -2.35. The van der Waals surface area contributed by atoms with E-state index in [-0.39, 0.29) is 17.4 Å². The highest BCUT2D eigenvalue weighted by Crippen LogP contribution is 2.33. The largest absolute Gasteiger partial charge is 0.508 e. The quantitative estimate of drug-likeness (QED) is 0.281. The molecule has 0 aromatic heterocycles. The van der Waals surface area contributed by atoms with Crippen molar-refractivity contribution in [2.24, 2.45) is 5.10 Å². The SMILES string of the molecule is CC(C)c1cc(/C(=N/NC=O)N(C)CCCN2CCCCC2)c(O)cc1O. The number of benzene rings is 1. The molecule has 2 rings (SSSR count). The molecular weight excluding hydrogens is 344 g/mol. The third kappa shape index (κ3) is 5.85. The summed E-state index contributed by atoms with van der Waals surface area (Å²) in [5, 5.41) is 24.6. The molecule has 0 saturated carbocycles. The maximum Gasteiger partial charge on any atom is 0.227 e. The number of rotatable bonds is 8. The van der Waals surface area contributed by atoms with Crippen molar-refractivity contribution in [1.29, 1.82) is 0 Å². The summed E-state index contributed by atoms with van der Waals surface area (Å²) in [5.74, 6) is 0.558. The van der Waals surface area contributed by atoms with Crippen LogP contribution in [-0.2, 0) is 4.79 Å². The van der Waals surface area contributed by atoms with Crippen molar-refractivity contribution in [3.05, 3.63) is 23.3 Å². The van der Waals surface area contributed by atoms with Gasteiger partial charge in [-0.1, -0.05) is 20.3 Å². The van der Waals surface area contributed by atoms with Gasteiger partial charge in [-0.15, -0.1) is 0 Å². The molecule has 1 aromatic rings. The van der Waals surface area contributed by atoms with Crippen molar-refractivity contribution in [3.8, 4) is 11.5 Å². The van der Waals surface area contributed by atoms with Crippen LogP contribution in [0, 0.1) is 0 Å². The van der Waals surface area contributed by atoms with E-state index in [1.807, 2.05) is 25.8 Å². The van der Waals surface area contributed by atoms with Gasteiger partial charge in [-0.25, -0.2) is 5.43 Å². The van der Waals surface area contributed by atoms with Gasteiger partial charge in [-0.3, -0.25) is 4.79 Å². The minimum atomic E-state index is -0.0637. The van der Waals surface area contributed by atoms with E-state index in [0.29, 0.717) is 17.8 Å². The lowest BCUT2D eigenvalue weighted by molar-refractivity contribution is -0.109. The number of hydrazone groups is 1. The summed E-state index contributed by atoms with van der Waals surface area (Å²) in [7, 11) is 1.89. The van der Waals surface area contributed by atoms with Crippen molar-refractivity contribution in [3.63, 3.8) is 0 Å². The summed E-state index contributed by atoms with van der Waals surface area (Å²) in [6.45, 7) is 8.03. The van der Waals surface area contributed by atoms with Crippen LogP contribution in [0.25, 0.3) is 0 Å². The zero-order chi connectivity index (χ0) is 19.8. The van der Waals surface area contributed by atoms with Gasteiger partial charge in [0.2, 0.25) is 6.41 Å². The van der Waals surface area contributed by atoms with Gasteiger partial charge in [0.15, 0.2) is 5.84 Å². The summed E-state index contributed by atoms with van der Waals surface area (Å²) < 4.78 is 0. The smallest absolute Gasteiger partial charge is 0.227 e. The van der Waals surface area contributed by atoms with Gasteiger partial charge in [0.05, 0.1) is 5.56 Å². The van der Waals surface area contributed by atoms with Gasteiger partial charge >= 0.3 is 0 Å². The fraction of sp³-hybridized carbons (Fsp3) is 0.600. The molecule has 1 heterocycles. The number of carbonyl (C=O) groups excluding carboxylic acids is 1. The minimum absolute atomic E-state index is 0.0571. The molecule has 7 heteroatoms. The highest BCUT2D eigenvalue weighted by Gasteiger charge is 2.19. The van der Waals surface area contributed by atoms with E-state index in [4.69, 9.17) is 0 Å². The zero-order valence-corrected chi connectivity index (χ0v) is 16.6. The number of hydrogen-bond acceptors (Lipinski definition) is 5. The molecule has 0 bridgehead atoms. The molecule has 1 aliphatic rings. The number of nitrogens with one attached hydrogen (secondary N) is 1. The first-order chi connectivity index (χ1) is 12.9. The molecule has 1 aromatic carbocycles. The van der Waals surface area contributed by atoms with Gasteiger partial charge in [-0.05, 0) is 56.4 Å². The van der Waals surface area contributed by atoms with Crippen LogP contribution in [0.3, 0.4) is 0 Å². The van der Waals surface area contributed by atoms with Crippen LogP contribution < -0.4 is 5.43 Å². The number of phenolic OH excluding ortho intramolecular Hbond substituents is 2. The first kappa shape index (κ1) is 21.0. The van der Waals surface area contributed by atoms with E-state index in [1.54, 1.807) is 6.07 Å². The van der Waals surface area contributed by atoms with Crippen LogP contribution in [0.4, 0.5) is 0 Å². The third-order valence-corrected chi connectivity index (χ3v) is 5.01. The maximum absolute atomic E-state index is 10.8. The lowest BCUT2D eigenvalue weighted by atomic mass is 9.98. The van der Waals surface area contributed by atoms with E-state index in [1.165, 1.54) is 25.3 Å². The average molecular weight is 377 g/mol. The Balaban J connectivity index is 2.14. The molecule has 0 aliphatic carbocycles. The zero-order valence-electron chi connectivity index (χ0n) is 16.6. The molecule has 0 atom stereocenters. The van der Waals surface area contributed by atoms with E-state index in [9.17, 15) is 15.0 Å². The Labute approximate surface area is 161 Å². The van der Waals surface area contributed by atoms with Crippen molar-refractivity contribution in [2.75, 3.05) is 33.2 Å². The first-order valence-electron chi connectivity index (χ1n) is 9.70. The summed E-state index contributed by atoms with van der Waals surface area (Å²) in [5.41, 5.74) is 3.56. The van der Waals surface area contributed by atoms with E-state index >= 15 is 0 Å². The molecule has 0 spiro atoms.